The second-order valence-electron chi connectivity index (χ2n) is 9.91. The molecule has 2 atom stereocenters. The van der Waals surface area contributed by atoms with Crippen molar-refractivity contribution < 1.29 is 18.0 Å². The molecule has 0 saturated heterocycles. The van der Waals surface area contributed by atoms with Crippen LogP contribution in [0.2, 0.25) is 5.02 Å². The van der Waals surface area contributed by atoms with Crippen molar-refractivity contribution in [2.24, 2.45) is 0 Å². The quantitative estimate of drug-likeness (QED) is 0.274. The molecule has 0 spiro atoms. The first kappa shape index (κ1) is 31.2. The Kier molecular flexibility index (Phi) is 11.6. The van der Waals surface area contributed by atoms with Crippen LogP contribution in [0, 0.1) is 0 Å². The molecule has 0 fully saturated rings. The van der Waals surface area contributed by atoms with Crippen molar-refractivity contribution in [3.8, 4) is 0 Å². The first-order valence-corrected chi connectivity index (χ1v) is 15.7. The normalized spacial score (nSPS) is 12.8. The Labute approximate surface area is 243 Å². The Morgan fingerprint density at radius 2 is 1.52 bits per heavy atom. The van der Waals surface area contributed by atoms with Gasteiger partial charge in [-0.2, -0.15) is 0 Å². The molecule has 9 heteroatoms. The molecule has 3 aromatic rings. The smallest absolute Gasteiger partial charge is 0.243 e. The second-order valence-corrected chi connectivity index (χ2v) is 12.2. The fourth-order valence-electron chi connectivity index (χ4n) is 4.40. The highest BCUT2D eigenvalue weighted by Gasteiger charge is 2.31. The van der Waals surface area contributed by atoms with Crippen molar-refractivity contribution >= 4 is 39.1 Å². The van der Waals surface area contributed by atoms with E-state index in [4.69, 9.17) is 11.6 Å². The second kappa shape index (κ2) is 14.9. The number of sulfonamides is 1. The summed E-state index contributed by atoms with van der Waals surface area (Å²) in [6.07, 6.45) is 2.58. The minimum atomic E-state index is -3.55. The van der Waals surface area contributed by atoms with Gasteiger partial charge in [0.25, 0.3) is 0 Å². The van der Waals surface area contributed by atoms with Crippen LogP contribution in [-0.4, -0.2) is 50.0 Å². The zero-order valence-electron chi connectivity index (χ0n) is 23.3. The van der Waals surface area contributed by atoms with Crippen LogP contribution in [0.5, 0.6) is 0 Å². The number of halogens is 1. The Balaban J connectivity index is 1.89. The third-order valence-corrected chi connectivity index (χ3v) is 8.33. The van der Waals surface area contributed by atoms with Crippen molar-refractivity contribution in [1.82, 2.24) is 10.2 Å². The van der Waals surface area contributed by atoms with Crippen LogP contribution in [0.1, 0.15) is 44.2 Å². The van der Waals surface area contributed by atoms with Gasteiger partial charge in [-0.25, -0.2) is 8.42 Å². The number of hydrogen-bond donors (Lipinski definition) is 1. The van der Waals surface area contributed by atoms with Crippen LogP contribution in [0.3, 0.4) is 0 Å². The molecule has 2 amide bonds. The van der Waals surface area contributed by atoms with Gasteiger partial charge in [0.15, 0.2) is 0 Å². The topological polar surface area (TPSA) is 86.8 Å². The Hall–Kier alpha value is -3.36. The van der Waals surface area contributed by atoms with Gasteiger partial charge in [0.1, 0.15) is 6.04 Å². The highest BCUT2D eigenvalue weighted by atomic mass is 35.5. The van der Waals surface area contributed by atoms with E-state index < -0.39 is 16.1 Å². The largest absolute Gasteiger partial charge is 0.352 e. The highest BCUT2D eigenvalue weighted by molar-refractivity contribution is 7.92. The maximum atomic E-state index is 13.9. The molecule has 214 valence electrons. The summed E-state index contributed by atoms with van der Waals surface area (Å²) in [5, 5.41) is 3.56. The van der Waals surface area contributed by atoms with Gasteiger partial charge < -0.3 is 10.2 Å². The maximum Gasteiger partial charge on any atom is 0.243 e. The fraction of sp³-hybridized carbons (Fsp3) is 0.355. The average molecular weight is 584 g/mol. The molecule has 0 saturated carbocycles. The lowest BCUT2D eigenvalue weighted by molar-refractivity contribution is -0.141. The molecule has 1 N–H and O–H groups in total. The van der Waals surface area contributed by atoms with Gasteiger partial charge in [-0.1, -0.05) is 85.3 Å². The van der Waals surface area contributed by atoms with Gasteiger partial charge in [0.05, 0.1) is 11.9 Å². The molecule has 2 unspecified atom stereocenters. The summed E-state index contributed by atoms with van der Waals surface area (Å²) in [6, 6.07) is 24.8. The molecule has 3 aromatic carbocycles. The van der Waals surface area contributed by atoms with Gasteiger partial charge in [0.2, 0.25) is 21.8 Å². The number of para-hydroxylation sites is 1. The van der Waals surface area contributed by atoms with Crippen molar-refractivity contribution in [3.63, 3.8) is 0 Å². The van der Waals surface area contributed by atoms with E-state index in [1.165, 1.54) is 4.31 Å². The van der Waals surface area contributed by atoms with Gasteiger partial charge >= 0.3 is 0 Å². The summed E-state index contributed by atoms with van der Waals surface area (Å²) in [6.45, 7) is 4.21. The summed E-state index contributed by atoms with van der Waals surface area (Å²) >= 11 is 6.48. The molecule has 0 radical (unpaired) electrons. The summed E-state index contributed by atoms with van der Waals surface area (Å²) in [5.74, 6) is -0.484. The lowest BCUT2D eigenvalue weighted by Crippen LogP contribution is -2.52. The molecule has 3 rings (SSSR count). The van der Waals surface area contributed by atoms with Crippen LogP contribution < -0.4 is 9.62 Å². The van der Waals surface area contributed by atoms with E-state index in [-0.39, 0.29) is 43.8 Å². The van der Waals surface area contributed by atoms with E-state index >= 15 is 0 Å². The molecule has 7 nitrogen and oxygen atoms in total. The Morgan fingerprint density at radius 1 is 0.925 bits per heavy atom. The SMILES string of the molecule is CCC(C)NC(=O)C(Cc1ccccc1)N(Cc1ccccc1Cl)C(=O)CCCN(c1ccccc1)S(C)(=O)=O. The zero-order chi connectivity index (χ0) is 29.1. The van der Waals surface area contributed by atoms with Crippen LogP contribution >= 0.6 is 11.6 Å². The third-order valence-electron chi connectivity index (χ3n) is 6.77. The minimum absolute atomic E-state index is 0.0581. The summed E-state index contributed by atoms with van der Waals surface area (Å²) in [5.41, 5.74) is 2.20. The number of amides is 2. The van der Waals surface area contributed by atoms with Crippen LogP contribution in [-0.2, 0) is 32.6 Å². The molecule has 0 bridgehead atoms. The number of hydrogen-bond acceptors (Lipinski definition) is 4. The van der Waals surface area contributed by atoms with Crippen molar-refractivity contribution in [2.75, 3.05) is 17.1 Å². The highest BCUT2D eigenvalue weighted by Crippen LogP contribution is 2.22. The number of nitrogens with one attached hydrogen (secondary N) is 1. The molecule has 0 aliphatic rings. The lowest BCUT2D eigenvalue weighted by atomic mass is 10.0. The van der Waals surface area contributed by atoms with Gasteiger partial charge in [-0.15, -0.1) is 0 Å². The fourth-order valence-corrected chi connectivity index (χ4v) is 5.56. The van der Waals surface area contributed by atoms with Crippen molar-refractivity contribution in [1.29, 1.82) is 0 Å². The van der Waals surface area contributed by atoms with E-state index in [0.717, 1.165) is 23.8 Å². The van der Waals surface area contributed by atoms with Crippen LogP contribution in [0.15, 0.2) is 84.9 Å². The van der Waals surface area contributed by atoms with Gasteiger partial charge in [-0.05, 0) is 49.1 Å². The monoisotopic (exact) mass is 583 g/mol. The van der Waals surface area contributed by atoms with Gasteiger partial charge in [0, 0.05) is 37.0 Å². The van der Waals surface area contributed by atoms with E-state index in [9.17, 15) is 18.0 Å². The first-order valence-electron chi connectivity index (χ1n) is 13.5. The van der Waals surface area contributed by atoms with Gasteiger partial charge in [-0.3, -0.25) is 13.9 Å². The van der Waals surface area contributed by atoms with Crippen molar-refractivity contribution in [3.05, 3.63) is 101 Å². The van der Waals surface area contributed by atoms with E-state index in [1.807, 2.05) is 68.4 Å². The number of rotatable bonds is 14. The number of benzene rings is 3. The van der Waals surface area contributed by atoms with Crippen LogP contribution in [0.4, 0.5) is 5.69 Å². The van der Waals surface area contributed by atoms with Crippen LogP contribution in [0.25, 0.3) is 0 Å². The molecule has 0 aromatic heterocycles. The summed E-state index contributed by atoms with van der Waals surface area (Å²) in [4.78, 5) is 29.0. The number of anilines is 1. The average Bonchev–Trinajstić information content (AvgIpc) is 2.94. The standard InChI is InChI=1S/C31H38ClN3O4S/c1-4-24(2)33-31(37)29(22-25-14-7-5-8-15-25)34(23-26-16-11-12-19-28(26)32)30(36)20-13-21-35(40(3,38)39)27-17-9-6-10-18-27/h5-12,14-19,24,29H,4,13,20-23H2,1-3H3,(H,33,37). The van der Waals surface area contributed by atoms with E-state index in [0.29, 0.717) is 17.1 Å². The molecular weight excluding hydrogens is 546 g/mol. The zero-order valence-corrected chi connectivity index (χ0v) is 24.9. The summed E-state index contributed by atoms with van der Waals surface area (Å²) < 4.78 is 26.3. The number of nitrogens with zero attached hydrogens (tertiary/aromatic N) is 2. The first-order chi connectivity index (χ1) is 19.1. The maximum absolute atomic E-state index is 13.9. The van der Waals surface area contributed by atoms with E-state index in [1.54, 1.807) is 35.2 Å². The summed E-state index contributed by atoms with van der Waals surface area (Å²) in [7, 11) is -3.55. The van der Waals surface area contributed by atoms with E-state index in [2.05, 4.69) is 5.32 Å². The molecule has 0 heterocycles. The Bertz CT molecular complexity index is 1350. The molecule has 0 aliphatic heterocycles. The number of carbonyl (C=O) groups is 2. The third kappa shape index (κ3) is 9.10. The lowest BCUT2D eigenvalue weighted by Gasteiger charge is -2.33. The molecule has 40 heavy (non-hydrogen) atoms. The predicted molar refractivity (Wildman–Crippen MR) is 162 cm³/mol. The minimum Gasteiger partial charge on any atom is -0.352 e. The molecule has 0 aliphatic carbocycles. The van der Waals surface area contributed by atoms with Crippen molar-refractivity contribution in [2.45, 2.75) is 58.2 Å². The Morgan fingerprint density at radius 3 is 2.12 bits per heavy atom. The molecular formula is C31H38ClN3O4S. The number of carbonyl (C=O) groups excluding carboxylic acids is 2. The predicted octanol–water partition coefficient (Wildman–Crippen LogP) is 5.44.